The van der Waals surface area contributed by atoms with Gasteiger partial charge in [0.1, 0.15) is 5.82 Å². The standard InChI is InChI=1S/C26H35FN4O/c1-16-4-5-22(27)12-24(16)25-17(2)18(3)26(30-29-25)28-23-10-20-14-31(15-21(20)11-23)13-19-6-8-32-9-7-19/h4-5,12,19-21,23H,6-11,13-15H2,1-3H3,(H,28,30)/t20-,21+,23?/i13D2. The van der Waals surface area contributed by atoms with Crippen LogP contribution in [0.2, 0.25) is 0 Å². The molecule has 0 amide bonds. The number of anilines is 1. The lowest BCUT2D eigenvalue weighted by Crippen LogP contribution is -2.32. The Morgan fingerprint density at radius 2 is 1.81 bits per heavy atom. The third-order valence-corrected chi connectivity index (χ3v) is 7.66. The lowest BCUT2D eigenvalue weighted by molar-refractivity contribution is 0.0545. The molecule has 1 unspecified atom stereocenters. The van der Waals surface area contributed by atoms with Gasteiger partial charge in [0.25, 0.3) is 0 Å². The van der Waals surface area contributed by atoms with Crippen LogP contribution >= 0.6 is 0 Å². The molecule has 1 saturated carbocycles. The van der Waals surface area contributed by atoms with Gasteiger partial charge in [0, 0.05) is 47.1 Å². The lowest BCUT2D eigenvalue weighted by Gasteiger charge is -2.28. The van der Waals surface area contributed by atoms with E-state index in [1.807, 2.05) is 20.8 Å². The van der Waals surface area contributed by atoms with Crippen molar-refractivity contribution in [3.05, 3.63) is 40.7 Å². The fraction of sp³-hybridized carbons (Fsp3) is 0.615. The summed E-state index contributed by atoms with van der Waals surface area (Å²) in [6, 6.07) is 5.10. The normalized spacial score (nSPS) is 27.8. The number of fused-ring (bicyclic) bond motifs is 1. The Kier molecular flexibility index (Phi) is 5.50. The van der Waals surface area contributed by atoms with Gasteiger partial charge in [-0.15, -0.1) is 10.2 Å². The number of halogens is 1. The molecular formula is C26H35FN4O. The van der Waals surface area contributed by atoms with Gasteiger partial charge in [-0.25, -0.2) is 4.39 Å². The molecule has 0 spiro atoms. The van der Waals surface area contributed by atoms with Crippen molar-refractivity contribution in [1.82, 2.24) is 15.1 Å². The Bertz CT molecular complexity index is 1050. The summed E-state index contributed by atoms with van der Waals surface area (Å²) in [6.07, 6.45) is 3.67. The van der Waals surface area contributed by atoms with Crippen LogP contribution in [0.3, 0.4) is 0 Å². The van der Waals surface area contributed by atoms with E-state index in [9.17, 15) is 4.39 Å². The number of aryl methyl sites for hydroxylation is 1. The fourth-order valence-electron chi connectivity index (χ4n) is 5.65. The zero-order valence-electron chi connectivity index (χ0n) is 21.3. The van der Waals surface area contributed by atoms with Crippen LogP contribution in [0.1, 0.15) is 45.1 Å². The van der Waals surface area contributed by atoms with Gasteiger partial charge in [-0.05, 0) is 93.0 Å². The van der Waals surface area contributed by atoms with E-state index in [0.29, 0.717) is 31.1 Å². The van der Waals surface area contributed by atoms with Crippen molar-refractivity contribution < 1.29 is 11.9 Å². The number of nitrogens with one attached hydrogen (secondary N) is 1. The van der Waals surface area contributed by atoms with Crippen molar-refractivity contribution in [2.24, 2.45) is 17.8 Å². The van der Waals surface area contributed by atoms with Crippen molar-refractivity contribution in [1.29, 1.82) is 0 Å². The van der Waals surface area contributed by atoms with Crippen molar-refractivity contribution in [2.75, 3.05) is 38.1 Å². The maximum atomic E-state index is 13.8. The summed E-state index contributed by atoms with van der Waals surface area (Å²) < 4.78 is 36.8. The zero-order valence-corrected chi connectivity index (χ0v) is 19.3. The molecule has 5 nitrogen and oxygen atoms in total. The fourth-order valence-corrected chi connectivity index (χ4v) is 5.65. The molecule has 6 heteroatoms. The molecule has 2 aliphatic heterocycles. The summed E-state index contributed by atoms with van der Waals surface area (Å²) in [6.45, 7) is 7.79. The van der Waals surface area contributed by atoms with E-state index in [-0.39, 0.29) is 11.7 Å². The first kappa shape index (κ1) is 19.4. The predicted molar refractivity (Wildman–Crippen MR) is 125 cm³/mol. The van der Waals surface area contributed by atoms with E-state index in [2.05, 4.69) is 20.4 Å². The molecule has 3 aliphatic rings. The minimum Gasteiger partial charge on any atom is -0.381 e. The van der Waals surface area contributed by atoms with Crippen LogP contribution in [-0.4, -0.2) is 53.9 Å². The minimum atomic E-state index is -1.25. The molecule has 32 heavy (non-hydrogen) atoms. The second-order valence-corrected chi connectivity index (χ2v) is 9.86. The SMILES string of the molecule is [2H]C([2H])(C1CCOCC1)N1C[C@H]2CC(Nc3nnc(-c4cc(F)ccc4C)c(C)c3C)C[C@H]2C1. The van der Waals surface area contributed by atoms with E-state index in [4.69, 9.17) is 7.48 Å². The third-order valence-electron chi connectivity index (χ3n) is 7.66. The van der Waals surface area contributed by atoms with Crippen LogP contribution < -0.4 is 5.32 Å². The third kappa shape index (κ3) is 4.40. The number of hydrogen-bond acceptors (Lipinski definition) is 5. The average molecular weight is 441 g/mol. The van der Waals surface area contributed by atoms with Gasteiger partial charge >= 0.3 is 0 Å². The molecule has 2 aromatic rings. The van der Waals surface area contributed by atoms with Gasteiger partial charge in [0.05, 0.1) is 5.69 Å². The summed E-state index contributed by atoms with van der Waals surface area (Å²) in [7, 11) is 0. The summed E-state index contributed by atoms with van der Waals surface area (Å²) in [5.74, 6) is 1.62. The molecule has 3 fully saturated rings. The number of rotatable bonds is 5. The molecule has 2 saturated heterocycles. The highest BCUT2D eigenvalue weighted by molar-refractivity contribution is 5.69. The Hall–Kier alpha value is -2.05. The summed E-state index contributed by atoms with van der Waals surface area (Å²) in [5.41, 5.74) is 4.55. The molecular weight excluding hydrogens is 403 g/mol. The molecule has 1 aliphatic carbocycles. The van der Waals surface area contributed by atoms with Gasteiger partial charge in [-0.2, -0.15) is 0 Å². The average Bonchev–Trinajstić information content (AvgIpc) is 3.39. The van der Waals surface area contributed by atoms with Gasteiger partial charge in [-0.1, -0.05) is 6.07 Å². The summed E-state index contributed by atoms with van der Waals surface area (Å²) in [5, 5.41) is 12.6. The highest BCUT2D eigenvalue weighted by Gasteiger charge is 2.41. The molecule has 5 rings (SSSR count). The maximum Gasteiger partial charge on any atom is 0.152 e. The van der Waals surface area contributed by atoms with Gasteiger partial charge in [0.15, 0.2) is 5.82 Å². The second kappa shape index (κ2) is 9.06. The first-order valence-electron chi connectivity index (χ1n) is 12.9. The van der Waals surface area contributed by atoms with E-state index in [0.717, 1.165) is 72.5 Å². The number of ether oxygens (including phenoxy) is 1. The lowest BCUT2D eigenvalue weighted by atomic mass is 9.99. The van der Waals surface area contributed by atoms with Gasteiger partial charge in [0.2, 0.25) is 0 Å². The molecule has 172 valence electrons. The Labute approximate surface area is 193 Å². The molecule has 1 aromatic carbocycles. The summed E-state index contributed by atoms with van der Waals surface area (Å²) in [4.78, 5) is 2.10. The number of hydrogen-bond donors (Lipinski definition) is 1. The molecule has 0 radical (unpaired) electrons. The summed E-state index contributed by atoms with van der Waals surface area (Å²) >= 11 is 0. The number of benzene rings is 1. The largest absolute Gasteiger partial charge is 0.381 e. The van der Waals surface area contributed by atoms with Crippen LogP contribution in [0, 0.1) is 44.3 Å². The Morgan fingerprint density at radius 3 is 2.53 bits per heavy atom. The van der Waals surface area contributed by atoms with Crippen molar-refractivity contribution in [3.8, 4) is 11.3 Å². The van der Waals surface area contributed by atoms with E-state index >= 15 is 0 Å². The number of likely N-dealkylation sites (tertiary alicyclic amines) is 1. The Morgan fingerprint density at radius 1 is 1.09 bits per heavy atom. The molecule has 3 atom stereocenters. The zero-order chi connectivity index (χ0) is 24.0. The van der Waals surface area contributed by atoms with Crippen molar-refractivity contribution in [3.63, 3.8) is 0 Å². The molecule has 1 N–H and O–H groups in total. The smallest absolute Gasteiger partial charge is 0.152 e. The minimum absolute atomic E-state index is 0.0649. The number of aromatic nitrogens is 2. The van der Waals surface area contributed by atoms with E-state index in [1.54, 1.807) is 6.07 Å². The van der Waals surface area contributed by atoms with Crippen LogP contribution in [0.5, 0.6) is 0 Å². The van der Waals surface area contributed by atoms with Crippen LogP contribution in [0.4, 0.5) is 10.2 Å². The first-order valence-corrected chi connectivity index (χ1v) is 11.9. The van der Waals surface area contributed by atoms with Gasteiger partial charge < -0.3 is 15.0 Å². The molecule has 3 heterocycles. The highest BCUT2D eigenvalue weighted by Crippen LogP contribution is 2.40. The van der Waals surface area contributed by atoms with Crippen LogP contribution in [0.25, 0.3) is 11.3 Å². The van der Waals surface area contributed by atoms with Crippen LogP contribution in [0.15, 0.2) is 18.2 Å². The molecule has 0 bridgehead atoms. The van der Waals surface area contributed by atoms with Crippen molar-refractivity contribution >= 4 is 5.82 Å². The molecule has 1 aromatic heterocycles. The predicted octanol–water partition coefficient (Wildman–Crippen LogP) is 4.76. The quantitative estimate of drug-likeness (QED) is 0.727. The van der Waals surface area contributed by atoms with E-state index in [1.165, 1.54) is 12.1 Å². The van der Waals surface area contributed by atoms with Gasteiger partial charge in [-0.3, -0.25) is 0 Å². The maximum absolute atomic E-state index is 13.8. The number of nitrogens with zero attached hydrogens (tertiary/aromatic N) is 3. The first-order chi connectivity index (χ1) is 16.2. The topological polar surface area (TPSA) is 50.3 Å². The monoisotopic (exact) mass is 440 g/mol. The van der Waals surface area contributed by atoms with Crippen LogP contribution in [-0.2, 0) is 4.74 Å². The van der Waals surface area contributed by atoms with Crippen molar-refractivity contribution in [2.45, 2.75) is 52.5 Å². The van der Waals surface area contributed by atoms with E-state index < -0.39 is 6.50 Å². The highest BCUT2D eigenvalue weighted by atomic mass is 19.1. The Balaban J connectivity index is 1.24. The second-order valence-electron chi connectivity index (χ2n) is 9.86.